The molecule has 4 heterocycles. The summed E-state index contributed by atoms with van der Waals surface area (Å²) in [5, 5.41) is 10.9. The van der Waals surface area contributed by atoms with E-state index in [-0.39, 0.29) is 31.0 Å². The Morgan fingerprint density at radius 1 is 1.27 bits per heavy atom. The van der Waals surface area contributed by atoms with Gasteiger partial charge in [0.1, 0.15) is 30.0 Å². The largest absolute Gasteiger partial charge is 0.472 e. The second-order valence-corrected chi connectivity index (χ2v) is 13.7. The SMILES string of the molecule is C=C1[C@H]([C@]2(C)C=CC(=O)O[C@@]3(C)COC(=O)C[C@@H]23)[C@H](OC=O)[C@@H](OC(=O)[C@H](O)[C@@H](C)CC)[C@]2(C)[C@H](c3ccoc3)C[C@H]3O[C@]132. The molecule has 3 aliphatic heterocycles. The molecule has 1 aromatic rings. The molecule has 1 spiro atoms. The Bertz CT molecular complexity index is 1400. The number of ether oxygens (including phenoxy) is 5. The molecule has 0 aromatic carbocycles. The lowest BCUT2D eigenvalue weighted by molar-refractivity contribution is -0.218. The Balaban J connectivity index is 1.54. The van der Waals surface area contributed by atoms with E-state index in [4.69, 9.17) is 28.1 Å². The van der Waals surface area contributed by atoms with Gasteiger partial charge in [-0.2, -0.15) is 0 Å². The molecule has 4 fully saturated rings. The highest BCUT2D eigenvalue weighted by Gasteiger charge is 2.84. The lowest BCUT2D eigenvalue weighted by atomic mass is 9.48. The fourth-order valence-electron chi connectivity index (χ4n) is 9.01. The molecular weight excluding hydrogens is 572 g/mol. The van der Waals surface area contributed by atoms with Gasteiger partial charge in [0.15, 0.2) is 6.10 Å². The maximum atomic E-state index is 13.6. The van der Waals surface area contributed by atoms with Crippen LogP contribution in [0.15, 0.2) is 47.3 Å². The predicted molar refractivity (Wildman–Crippen MR) is 151 cm³/mol. The van der Waals surface area contributed by atoms with Gasteiger partial charge in [0.25, 0.3) is 6.47 Å². The minimum atomic E-state index is -1.42. The molecular formula is C33H40O11. The van der Waals surface area contributed by atoms with Crippen LogP contribution in [0.4, 0.5) is 0 Å². The fraction of sp³-hybridized carbons (Fsp3) is 0.636. The standard InChI is InChI=1S/C33H40O11/c1-7-17(2)26(37)29(38)42-28-27(41-16-34)25(30(4)10-8-23(35)44-31(5)15-40-24(36)13-21(30)31)18(3)33-22(43-33)12-20(32(28,33)6)19-9-11-39-14-19/h8-11,14,16-17,20-22,25-28,37H,3,7,12-13,15H2,1-2,4-6H3/t17-,20-,21-,22+,25-,26+,27-,28+,30+,31-,32-,33+/m0/s1. The maximum absolute atomic E-state index is 13.6. The Morgan fingerprint density at radius 3 is 2.68 bits per heavy atom. The van der Waals surface area contributed by atoms with Crippen LogP contribution in [0.5, 0.6) is 0 Å². The van der Waals surface area contributed by atoms with E-state index in [1.807, 2.05) is 26.8 Å². The van der Waals surface area contributed by atoms with Crippen LogP contribution in [-0.4, -0.2) is 71.7 Å². The minimum Gasteiger partial charge on any atom is -0.472 e. The fourth-order valence-corrected chi connectivity index (χ4v) is 9.01. The molecule has 0 radical (unpaired) electrons. The van der Waals surface area contributed by atoms with Crippen molar-refractivity contribution in [2.75, 3.05) is 6.61 Å². The number of allylic oxidation sites excluding steroid dienone is 1. The normalized spacial score (nSPS) is 43.7. The lowest BCUT2D eigenvalue weighted by Crippen LogP contribution is -2.67. The number of carbonyl (C=O) groups excluding carboxylic acids is 4. The molecule has 2 saturated heterocycles. The Morgan fingerprint density at radius 2 is 2.02 bits per heavy atom. The zero-order valence-corrected chi connectivity index (χ0v) is 25.6. The Hall–Kier alpha value is -3.44. The first-order chi connectivity index (χ1) is 20.8. The molecule has 1 aromatic heterocycles. The summed E-state index contributed by atoms with van der Waals surface area (Å²) >= 11 is 0. The summed E-state index contributed by atoms with van der Waals surface area (Å²) in [7, 11) is 0. The molecule has 44 heavy (non-hydrogen) atoms. The highest BCUT2D eigenvalue weighted by atomic mass is 16.6. The maximum Gasteiger partial charge on any atom is 0.335 e. The van der Waals surface area contributed by atoms with Crippen LogP contribution in [0.25, 0.3) is 0 Å². The Labute approximate surface area is 255 Å². The minimum absolute atomic E-state index is 0.0778. The third-order valence-electron chi connectivity index (χ3n) is 11.6. The molecule has 2 aliphatic carbocycles. The lowest BCUT2D eigenvalue weighted by Gasteiger charge is -2.59. The molecule has 6 rings (SSSR count). The highest BCUT2D eigenvalue weighted by Crippen LogP contribution is 2.76. The van der Waals surface area contributed by atoms with Gasteiger partial charge in [-0.3, -0.25) is 9.59 Å². The Kier molecular flexibility index (Phi) is 7.16. The summed E-state index contributed by atoms with van der Waals surface area (Å²) < 4.78 is 35.4. The van der Waals surface area contributed by atoms with E-state index in [9.17, 15) is 24.3 Å². The zero-order valence-electron chi connectivity index (χ0n) is 25.6. The number of fused-ring (bicyclic) bond motifs is 1. The summed E-state index contributed by atoms with van der Waals surface area (Å²) in [5.41, 5.74) is -2.82. The first-order valence-electron chi connectivity index (χ1n) is 15.2. The van der Waals surface area contributed by atoms with Crippen LogP contribution in [0.1, 0.15) is 65.4 Å². The number of aliphatic hydroxyl groups is 1. The summed E-state index contributed by atoms with van der Waals surface area (Å²) in [6.07, 6.45) is 3.26. The van der Waals surface area contributed by atoms with Crippen LogP contribution in [0.3, 0.4) is 0 Å². The van der Waals surface area contributed by atoms with E-state index in [1.165, 1.54) is 6.08 Å². The van der Waals surface area contributed by atoms with Gasteiger partial charge in [0, 0.05) is 29.2 Å². The molecule has 0 amide bonds. The average molecular weight is 613 g/mol. The monoisotopic (exact) mass is 612 g/mol. The van der Waals surface area contributed by atoms with Crippen LogP contribution in [-0.2, 0) is 42.9 Å². The second-order valence-electron chi connectivity index (χ2n) is 13.7. The van der Waals surface area contributed by atoms with Crippen LogP contribution >= 0.6 is 0 Å². The van der Waals surface area contributed by atoms with E-state index >= 15 is 0 Å². The number of hydrogen-bond acceptors (Lipinski definition) is 11. The van der Waals surface area contributed by atoms with Crippen molar-refractivity contribution in [3.05, 3.63) is 48.5 Å². The molecule has 11 heteroatoms. The molecule has 0 unspecified atom stereocenters. The van der Waals surface area contributed by atoms with Crippen molar-refractivity contribution in [3.63, 3.8) is 0 Å². The molecule has 238 valence electrons. The van der Waals surface area contributed by atoms with E-state index in [2.05, 4.69) is 6.58 Å². The molecule has 0 bridgehead atoms. The molecule has 11 nitrogen and oxygen atoms in total. The predicted octanol–water partition coefficient (Wildman–Crippen LogP) is 3.40. The molecule has 2 saturated carbocycles. The van der Waals surface area contributed by atoms with Crippen LogP contribution in [0, 0.1) is 28.6 Å². The van der Waals surface area contributed by atoms with Crippen molar-refractivity contribution in [2.24, 2.45) is 28.6 Å². The van der Waals surface area contributed by atoms with Gasteiger partial charge in [-0.1, -0.05) is 46.8 Å². The van der Waals surface area contributed by atoms with Crippen molar-refractivity contribution in [1.29, 1.82) is 0 Å². The molecule has 5 aliphatic rings. The summed E-state index contributed by atoms with van der Waals surface area (Å²) in [4.78, 5) is 51.5. The van der Waals surface area contributed by atoms with E-state index in [0.717, 1.165) is 5.56 Å². The van der Waals surface area contributed by atoms with Gasteiger partial charge in [0.05, 0.1) is 30.5 Å². The average Bonchev–Trinajstić information content (AvgIpc) is 3.37. The quantitative estimate of drug-likeness (QED) is 0.151. The van der Waals surface area contributed by atoms with Crippen molar-refractivity contribution < 1.29 is 52.4 Å². The third-order valence-corrected chi connectivity index (χ3v) is 11.6. The van der Waals surface area contributed by atoms with Gasteiger partial charge >= 0.3 is 17.9 Å². The molecule has 1 N–H and O–H groups in total. The van der Waals surface area contributed by atoms with Crippen molar-refractivity contribution in [1.82, 2.24) is 0 Å². The number of cyclic esters (lactones) is 1. The third kappa shape index (κ3) is 4.07. The number of furan rings is 1. The number of hydrogen-bond donors (Lipinski definition) is 1. The van der Waals surface area contributed by atoms with Crippen LogP contribution < -0.4 is 0 Å². The van der Waals surface area contributed by atoms with Gasteiger partial charge in [0.2, 0.25) is 0 Å². The molecule has 12 atom stereocenters. The van der Waals surface area contributed by atoms with E-state index in [0.29, 0.717) is 24.9 Å². The highest BCUT2D eigenvalue weighted by molar-refractivity contribution is 5.83. The first kappa shape index (κ1) is 30.6. The number of epoxide rings is 1. The van der Waals surface area contributed by atoms with Gasteiger partial charge in [-0.15, -0.1) is 0 Å². The number of carbonyl (C=O) groups is 4. The number of esters is 3. The smallest absolute Gasteiger partial charge is 0.335 e. The van der Waals surface area contributed by atoms with Gasteiger partial charge in [-0.05, 0) is 36.5 Å². The number of aliphatic hydroxyl groups excluding tert-OH is 1. The van der Waals surface area contributed by atoms with Crippen molar-refractivity contribution >= 4 is 24.4 Å². The first-order valence-corrected chi connectivity index (χ1v) is 15.2. The van der Waals surface area contributed by atoms with Crippen molar-refractivity contribution in [2.45, 2.75) is 95.4 Å². The summed E-state index contributed by atoms with van der Waals surface area (Å²) in [5.74, 6) is -3.94. The van der Waals surface area contributed by atoms with Gasteiger partial charge in [-0.25, -0.2) is 9.59 Å². The van der Waals surface area contributed by atoms with Crippen molar-refractivity contribution in [3.8, 4) is 0 Å². The van der Waals surface area contributed by atoms with Gasteiger partial charge < -0.3 is 33.2 Å². The van der Waals surface area contributed by atoms with E-state index < -0.39 is 70.1 Å². The summed E-state index contributed by atoms with van der Waals surface area (Å²) in [6.45, 7) is 13.9. The zero-order chi connectivity index (χ0) is 31.8. The number of rotatable bonds is 8. The topological polar surface area (TPSA) is 151 Å². The summed E-state index contributed by atoms with van der Waals surface area (Å²) in [6, 6.07) is 1.85. The van der Waals surface area contributed by atoms with Crippen LogP contribution in [0.2, 0.25) is 0 Å². The van der Waals surface area contributed by atoms with E-state index in [1.54, 1.807) is 32.4 Å². The second kappa shape index (κ2) is 10.3.